The molecule has 4 heteroatoms. The Morgan fingerprint density at radius 2 is 2.10 bits per heavy atom. The summed E-state index contributed by atoms with van der Waals surface area (Å²) in [7, 11) is 0. The number of furan rings is 1. The van der Waals surface area contributed by atoms with Crippen LogP contribution in [0.2, 0.25) is 0 Å². The number of aryl methyl sites for hydroxylation is 3. The fourth-order valence-electron chi connectivity index (χ4n) is 2.04. The first-order valence-corrected chi connectivity index (χ1v) is 7.20. The minimum absolute atomic E-state index is 0.663. The van der Waals surface area contributed by atoms with Crippen molar-refractivity contribution in [2.24, 2.45) is 0 Å². The molecule has 106 valence electrons. The summed E-state index contributed by atoms with van der Waals surface area (Å²) >= 11 is 5.30. The first-order chi connectivity index (χ1) is 9.65. The molecule has 3 nitrogen and oxygen atoms in total. The van der Waals surface area contributed by atoms with Crippen LogP contribution in [0.5, 0.6) is 0 Å². The molecule has 2 aromatic rings. The maximum Gasteiger partial charge on any atom is 0.170 e. The number of thiocarbonyl (C=S) groups is 1. The van der Waals surface area contributed by atoms with Crippen molar-refractivity contribution in [3.63, 3.8) is 0 Å². The molecule has 0 aliphatic rings. The third-order valence-electron chi connectivity index (χ3n) is 3.10. The summed E-state index contributed by atoms with van der Waals surface area (Å²) in [5.74, 6) is 1.01. The SMILES string of the molecule is Cc1ccc(NC(=S)NCCCc2ccco2)c(C)c1. The molecule has 0 amide bonds. The Bertz CT molecular complexity index is 564. The molecular formula is C16H20N2OS. The molecule has 0 saturated heterocycles. The molecular weight excluding hydrogens is 268 g/mol. The average molecular weight is 288 g/mol. The Morgan fingerprint density at radius 1 is 1.25 bits per heavy atom. The minimum atomic E-state index is 0.663. The van der Waals surface area contributed by atoms with Gasteiger partial charge in [0.2, 0.25) is 0 Å². The van der Waals surface area contributed by atoms with E-state index in [1.807, 2.05) is 12.1 Å². The molecule has 1 aromatic heterocycles. The van der Waals surface area contributed by atoms with Gasteiger partial charge in [0, 0.05) is 18.7 Å². The first kappa shape index (κ1) is 14.6. The Labute approximate surface area is 125 Å². The third-order valence-corrected chi connectivity index (χ3v) is 3.34. The number of benzene rings is 1. The highest BCUT2D eigenvalue weighted by molar-refractivity contribution is 7.80. The maximum atomic E-state index is 5.30. The standard InChI is InChI=1S/C16H20N2OS/c1-12-7-8-15(13(2)11-12)18-16(20)17-9-3-5-14-6-4-10-19-14/h4,6-8,10-11H,3,5,9H2,1-2H3,(H2,17,18,20). The van der Waals surface area contributed by atoms with E-state index in [0.29, 0.717) is 5.11 Å². The summed E-state index contributed by atoms with van der Waals surface area (Å²) in [6, 6.07) is 10.2. The van der Waals surface area contributed by atoms with Crippen molar-refractivity contribution >= 4 is 23.0 Å². The number of nitrogens with one attached hydrogen (secondary N) is 2. The summed E-state index contributed by atoms with van der Waals surface area (Å²) in [5.41, 5.74) is 3.51. The summed E-state index contributed by atoms with van der Waals surface area (Å²) in [6.07, 6.45) is 3.61. The highest BCUT2D eigenvalue weighted by Crippen LogP contribution is 2.15. The smallest absolute Gasteiger partial charge is 0.170 e. The molecule has 20 heavy (non-hydrogen) atoms. The second-order valence-corrected chi connectivity index (χ2v) is 5.29. The van der Waals surface area contributed by atoms with Gasteiger partial charge in [0.1, 0.15) is 5.76 Å². The van der Waals surface area contributed by atoms with E-state index < -0.39 is 0 Å². The molecule has 0 fully saturated rings. The fourth-order valence-corrected chi connectivity index (χ4v) is 2.25. The van der Waals surface area contributed by atoms with Gasteiger partial charge in [-0.2, -0.15) is 0 Å². The van der Waals surface area contributed by atoms with Crippen molar-refractivity contribution in [1.29, 1.82) is 0 Å². The van der Waals surface area contributed by atoms with Crippen molar-refractivity contribution < 1.29 is 4.42 Å². The number of hydrogen-bond donors (Lipinski definition) is 2. The third kappa shape index (κ3) is 4.38. The number of hydrogen-bond acceptors (Lipinski definition) is 2. The number of anilines is 1. The van der Waals surface area contributed by atoms with Gasteiger partial charge in [-0.1, -0.05) is 17.7 Å². The predicted molar refractivity (Wildman–Crippen MR) is 87.2 cm³/mol. The average Bonchev–Trinajstić information content (AvgIpc) is 2.91. The molecule has 0 spiro atoms. The Hall–Kier alpha value is -1.81. The molecule has 0 bridgehead atoms. The summed E-state index contributed by atoms with van der Waals surface area (Å²) in [4.78, 5) is 0. The lowest BCUT2D eigenvalue weighted by Gasteiger charge is -2.12. The Kier molecular flexibility index (Phi) is 5.18. The van der Waals surface area contributed by atoms with Gasteiger partial charge in [0.15, 0.2) is 5.11 Å². The molecule has 0 aliphatic carbocycles. The van der Waals surface area contributed by atoms with E-state index >= 15 is 0 Å². The maximum absolute atomic E-state index is 5.30. The van der Waals surface area contributed by atoms with Crippen molar-refractivity contribution in [1.82, 2.24) is 5.32 Å². The van der Waals surface area contributed by atoms with E-state index in [9.17, 15) is 0 Å². The van der Waals surface area contributed by atoms with Gasteiger partial charge in [-0.3, -0.25) is 0 Å². The van der Waals surface area contributed by atoms with E-state index in [-0.39, 0.29) is 0 Å². The van der Waals surface area contributed by atoms with Gasteiger partial charge in [-0.25, -0.2) is 0 Å². The van der Waals surface area contributed by atoms with Crippen molar-refractivity contribution in [3.05, 3.63) is 53.5 Å². The summed E-state index contributed by atoms with van der Waals surface area (Å²) in [6.45, 7) is 4.99. The molecule has 2 N–H and O–H groups in total. The highest BCUT2D eigenvalue weighted by atomic mass is 32.1. The molecule has 1 aromatic carbocycles. The molecule has 0 unspecified atom stereocenters. The van der Waals surface area contributed by atoms with E-state index in [2.05, 4.69) is 42.7 Å². The van der Waals surface area contributed by atoms with Gasteiger partial charge in [0.25, 0.3) is 0 Å². The zero-order chi connectivity index (χ0) is 14.4. The highest BCUT2D eigenvalue weighted by Gasteiger charge is 2.01. The van der Waals surface area contributed by atoms with Crippen LogP contribution >= 0.6 is 12.2 Å². The van der Waals surface area contributed by atoms with E-state index in [1.165, 1.54) is 11.1 Å². The summed E-state index contributed by atoms with van der Waals surface area (Å²) in [5, 5.41) is 7.11. The van der Waals surface area contributed by atoms with Crippen LogP contribution in [-0.2, 0) is 6.42 Å². The van der Waals surface area contributed by atoms with Gasteiger partial charge >= 0.3 is 0 Å². The van der Waals surface area contributed by atoms with Crippen LogP contribution in [-0.4, -0.2) is 11.7 Å². The quantitative estimate of drug-likeness (QED) is 0.648. The van der Waals surface area contributed by atoms with Crippen molar-refractivity contribution in [2.45, 2.75) is 26.7 Å². The van der Waals surface area contributed by atoms with Gasteiger partial charge in [0.05, 0.1) is 6.26 Å². The van der Waals surface area contributed by atoms with Crippen molar-refractivity contribution in [2.75, 3.05) is 11.9 Å². The minimum Gasteiger partial charge on any atom is -0.469 e. The lowest BCUT2D eigenvalue weighted by molar-refractivity contribution is 0.501. The van der Waals surface area contributed by atoms with E-state index in [1.54, 1.807) is 6.26 Å². The van der Waals surface area contributed by atoms with Crippen LogP contribution < -0.4 is 10.6 Å². The number of rotatable bonds is 5. The van der Waals surface area contributed by atoms with Gasteiger partial charge < -0.3 is 15.1 Å². The van der Waals surface area contributed by atoms with E-state index in [0.717, 1.165) is 30.8 Å². The molecule has 2 rings (SSSR count). The van der Waals surface area contributed by atoms with Crippen LogP contribution in [0.4, 0.5) is 5.69 Å². The van der Waals surface area contributed by atoms with Gasteiger partial charge in [-0.05, 0) is 56.2 Å². The van der Waals surface area contributed by atoms with Crippen LogP contribution in [0, 0.1) is 13.8 Å². The second-order valence-electron chi connectivity index (χ2n) is 4.88. The Morgan fingerprint density at radius 3 is 2.80 bits per heavy atom. The molecule has 0 aliphatic heterocycles. The molecule has 0 radical (unpaired) electrons. The van der Waals surface area contributed by atoms with Crippen LogP contribution in [0.15, 0.2) is 41.0 Å². The van der Waals surface area contributed by atoms with Crippen molar-refractivity contribution in [3.8, 4) is 0 Å². The zero-order valence-corrected chi connectivity index (χ0v) is 12.7. The van der Waals surface area contributed by atoms with Crippen LogP contribution in [0.25, 0.3) is 0 Å². The fraction of sp³-hybridized carbons (Fsp3) is 0.312. The topological polar surface area (TPSA) is 37.2 Å². The summed E-state index contributed by atoms with van der Waals surface area (Å²) < 4.78 is 5.29. The second kappa shape index (κ2) is 7.10. The van der Waals surface area contributed by atoms with Crippen LogP contribution in [0.3, 0.4) is 0 Å². The molecule has 0 atom stereocenters. The van der Waals surface area contributed by atoms with Crippen LogP contribution in [0.1, 0.15) is 23.3 Å². The monoisotopic (exact) mass is 288 g/mol. The van der Waals surface area contributed by atoms with E-state index in [4.69, 9.17) is 16.6 Å². The normalized spacial score (nSPS) is 10.3. The predicted octanol–water partition coefficient (Wildman–Crippen LogP) is 3.82. The molecule has 1 heterocycles. The van der Waals surface area contributed by atoms with Gasteiger partial charge in [-0.15, -0.1) is 0 Å². The lowest BCUT2D eigenvalue weighted by Crippen LogP contribution is -2.29. The Balaban J connectivity index is 1.72. The largest absolute Gasteiger partial charge is 0.469 e. The molecule has 0 saturated carbocycles. The zero-order valence-electron chi connectivity index (χ0n) is 11.9. The first-order valence-electron chi connectivity index (χ1n) is 6.79. The lowest BCUT2D eigenvalue weighted by atomic mass is 10.1.